The zero-order valence-corrected chi connectivity index (χ0v) is 11.2. The van der Waals surface area contributed by atoms with E-state index in [0.29, 0.717) is 12.5 Å². The van der Waals surface area contributed by atoms with E-state index in [2.05, 4.69) is 17.1 Å². The lowest BCUT2D eigenvalue weighted by atomic mass is 10.1. The van der Waals surface area contributed by atoms with E-state index >= 15 is 0 Å². The van der Waals surface area contributed by atoms with Gasteiger partial charge in [-0.15, -0.1) is 0 Å². The van der Waals surface area contributed by atoms with E-state index in [4.69, 9.17) is 5.73 Å². The number of nitrogens with zero attached hydrogens (tertiary/aromatic N) is 1. The van der Waals surface area contributed by atoms with Crippen LogP contribution in [0.3, 0.4) is 0 Å². The van der Waals surface area contributed by atoms with Crippen LogP contribution in [0.15, 0.2) is 0 Å². The summed E-state index contributed by atoms with van der Waals surface area (Å²) in [6, 6.07) is 0.751. The molecule has 100 valence electrons. The molecule has 2 unspecified atom stereocenters. The minimum atomic E-state index is -0.216. The lowest BCUT2D eigenvalue weighted by molar-refractivity contribution is -0.118. The Balaban J connectivity index is 2.28. The molecule has 1 aliphatic heterocycles. The highest BCUT2D eigenvalue weighted by atomic mass is 16.1. The van der Waals surface area contributed by atoms with Gasteiger partial charge in [-0.1, -0.05) is 6.92 Å². The monoisotopic (exact) mass is 241 g/mol. The first-order valence-electron chi connectivity index (χ1n) is 6.88. The third kappa shape index (κ3) is 6.03. The van der Waals surface area contributed by atoms with Gasteiger partial charge in [-0.05, 0) is 52.2 Å². The molecule has 0 aromatic carbocycles. The SMILES string of the molecule is CCCN1CCCC(NC(C)CC(N)=O)CC1. The third-order valence-corrected chi connectivity index (χ3v) is 3.39. The number of hydrogen-bond donors (Lipinski definition) is 2. The van der Waals surface area contributed by atoms with Crippen molar-refractivity contribution in [2.75, 3.05) is 19.6 Å². The highest BCUT2D eigenvalue weighted by molar-refractivity contribution is 5.74. The molecular weight excluding hydrogens is 214 g/mol. The first kappa shape index (κ1) is 14.5. The van der Waals surface area contributed by atoms with Crippen molar-refractivity contribution < 1.29 is 4.79 Å². The molecule has 1 amide bonds. The van der Waals surface area contributed by atoms with Crippen LogP contribution in [0.2, 0.25) is 0 Å². The van der Waals surface area contributed by atoms with Crippen LogP contribution in [0.4, 0.5) is 0 Å². The quantitative estimate of drug-likeness (QED) is 0.732. The minimum Gasteiger partial charge on any atom is -0.370 e. The number of likely N-dealkylation sites (tertiary alicyclic amines) is 1. The van der Waals surface area contributed by atoms with E-state index in [1.54, 1.807) is 0 Å². The Labute approximate surface area is 105 Å². The Morgan fingerprint density at radius 3 is 2.88 bits per heavy atom. The molecule has 3 N–H and O–H groups in total. The molecule has 1 aliphatic rings. The van der Waals surface area contributed by atoms with Crippen molar-refractivity contribution in [3.63, 3.8) is 0 Å². The summed E-state index contributed by atoms with van der Waals surface area (Å²) in [5, 5.41) is 3.53. The van der Waals surface area contributed by atoms with Gasteiger partial charge in [-0.25, -0.2) is 0 Å². The van der Waals surface area contributed by atoms with Gasteiger partial charge in [0.05, 0.1) is 0 Å². The van der Waals surface area contributed by atoms with Crippen molar-refractivity contribution in [2.24, 2.45) is 5.73 Å². The molecule has 0 aromatic rings. The van der Waals surface area contributed by atoms with Crippen LogP contribution in [0.5, 0.6) is 0 Å². The van der Waals surface area contributed by atoms with E-state index < -0.39 is 0 Å². The maximum absolute atomic E-state index is 10.8. The van der Waals surface area contributed by atoms with Crippen molar-refractivity contribution in [3.8, 4) is 0 Å². The normalized spacial score (nSPS) is 24.2. The number of primary amides is 1. The summed E-state index contributed by atoms with van der Waals surface area (Å²) in [7, 11) is 0. The summed E-state index contributed by atoms with van der Waals surface area (Å²) in [5.41, 5.74) is 5.20. The summed E-state index contributed by atoms with van der Waals surface area (Å²) in [4.78, 5) is 13.4. The number of nitrogens with one attached hydrogen (secondary N) is 1. The van der Waals surface area contributed by atoms with Gasteiger partial charge in [0.2, 0.25) is 5.91 Å². The highest BCUT2D eigenvalue weighted by Gasteiger charge is 2.18. The topological polar surface area (TPSA) is 58.4 Å². The fourth-order valence-corrected chi connectivity index (χ4v) is 2.63. The predicted octanol–water partition coefficient (Wildman–Crippen LogP) is 1.10. The number of rotatable bonds is 6. The van der Waals surface area contributed by atoms with Gasteiger partial charge in [-0.3, -0.25) is 4.79 Å². The molecule has 4 heteroatoms. The second-order valence-corrected chi connectivity index (χ2v) is 5.21. The van der Waals surface area contributed by atoms with Gasteiger partial charge in [0, 0.05) is 18.5 Å². The van der Waals surface area contributed by atoms with E-state index in [-0.39, 0.29) is 11.9 Å². The fraction of sp³-hybridized carbons (Fsp3) is 0.923. The first-order valence-corrected chi connectivity index (χ1v) is 6.88. The Morgan fingerprint density at radius 1 is 1.47 bits per heavy atom. The average Bonchev–Trinajstić information content (AvgIpc) is 2.43. The molecule has 4 nitrogen and oxygen atoms in total. The lowest BCUT2D eigenvalue weighted by Crippen LogP contribution is -2.39. The maximum atomic E-state index is 10.8. The molecule has 17 heavy (non-hydrogen) atoms. The number of carbonyl (C=O) groups is 1. The molecule has 0 saturated carbocycles. The average molecular weight is 241 g/mol. The Bertz CT molecular complexity index is 233. The van der Waals surface area contributed by atoms with E-state index in [0.717, 1.165) is 0 Å². The summed E-state index contributed by atoms with van der Waals surface area (Å²) >= 11 is 0. The van der Waals surface area contributed by atoms with Gasteiger partial charge in [0.25, 0.3) is 0 Å². The first-order chi connectivity index (χ1) is 8.11. The Hall–Kier alpha value is -0.610. The van der Waals surface area contributed by atoms with Gasteiger partial charge < -0.3 is 16.0 Å². The molecule has 1 fully saturated rings. The molecule has 0 radical (unpaired) electrons. The van der Waals surface area contributed by atoms with E-state index in [1.165, 1.54) is 45.3 Å². The number of amides is 1. The summed E-state index contributed by atoms with van der Waals surface area (Å²) in [6.07, 6.45) is 5.32. The maximum Gasteiger partial charge on any atom is 0.218 e. The van der Waals surface area contributed by atoms with Crippen LogP contribution >= 0.6 is 0 Å². The van der Waals surface area contributed by atoms with Crippen molar-refractivity contribution in [1.82, 2.24) is 10.2 Å². The molecule has 0 aliphatic carbocycles. The predicted molar refractivity (Wildman–Crippen MR) is 70.8 cm³/mol. The van der Waals surface area contributed by atoms with Crippen LogP contribution in [-0.4, -0.2) is 42.5 Å². The van der Waals surface area contributed by atoms with Gasteiger partial charge in [-0.2, -0.15) is 0 Å². The van der Waals surface area contributed by atoms with Crippen LogP contribution < -0.4 is 11.1 Å². The number of nitrogens with two attached hydrogens (primary N) is 1. The van der Waals surface area contributed by atoms with E-state index in [1.807, 2.05) is 6.92 Å². The third-order valence-electron chi connectivity index (χ3n) is 3.39. The standard InChI is InChI=1S/C13H27N3O/c1-3-7-16-8-4-5-12(6-9-16)15-11(2)10-13(14)17/h11-12,15H,3-10H2,1-2H3,(H2,14,17). The lowest BCUT2D eigenvalue weighted by Gasteiger charge is -2.22. The zero-order valence-electron chi connectivity index (χ0n) is 11.2. The van der Waals surface area contributed by atoms with Gasteiger partial charge >= 0.3 is 0 Å². The molecule has 0 spiro atoms. The fourth-order valence-electron chi connectivity index (χ4n) is 2.63. The molecule has 2 atom stereocenters. The molecule has 1 saturated heterocycles. The number of hydrogen-bond acceptors (Lipinski definition) is 3. The van der Waals surface area contributed by atoms with Crippen molar-refractivity contribution in [2.45, 2.75) is 58.0 Å². The Morgan fingerprint density at radius 2 is 2.24 bits per heavy atom. The smallest absolute Gasteiger partial charge is 0.218 e. The molecule has 0 aromatic heterocycles. The van der Waals surface area contributed by atoms with Crippen LogP contribution in [0.25, 0.3) is 0 Å². The van der Waals surface area contributed by atoms with Crippen molar-refractivity contribution in [3.05, 3.63) is 0 Å². The summed E-state index contributed by atoms with van der Waals surface area (Å²) in [6.45, 7) is 7.88. The zero-order chi connectivity index (χ0) is 12.7. The van der Waals surface area contributed by atoms with Gasteiger partial charge in [0.1, 0.15) is 0 Å². The molecule has 1 rings (SSSR count). The van der Waals surface area contributed by atoms with E-state index in [9.17, 15) is 4.79 Å². The second-order valence-electron chi connectivity index (χ2n) is 5.21. The molecule has 1 heterocycles. The second kappa shape index (κ2) is 7.67. The van der Waals surface area contributed by atoms with Gasteiger partial charge in [0.15, 0.2) is 0 Å². The van der Waals surface area contributed by atoms with Crippen molar-refractivity contribution in [1.29, 1.82) is 0 Å². The highest BCUT2D eigenvalue weighted by Crippen LogP contribution is 2.12. The van der Waals surface area contributed by atoms with Crippen molar-refractivity contribution >= 4 is 5.91 Å². The van der Waals surface area contributed by atoms with Crippen LogP contribution in [0.1, 0.15) is 46.0 Å². The summed E-state index contributed by atoms with van der Waals surface area (Å²) < 4.78 is 0. The minimum absolute atomic E-state index is 0.204. The summed E-state index contributed by atoms with van der Waals surface area (Å²) in [5.74, 6) is -0.216. The number of carbonyl (C=O) groups excluding carboxylic acids is 1. The Kier molecular flexibility index (Phi) is 6.52. The van der Waals surface area contributed by atoms with Crippen LogP contribution in [0, 0.1) is 0 Å². The molecular formula is C13H27N3O. The molecule has 0 bridgehead atoms. The van der Waals surface area contributed by atoms with Crippen LogP contribution in [-0.2, 0) is 4.79 Å². The largest absolute Gasteiger partial charge is 0.370 e.